The summed E-state index contributed by atoms with van der Waals surface area (Å²) in [4.78, 5) is 2.40. The average molecular weight is 185 g/mol. The molecule has 0 amide bonds. The van der Waals surface area contributed by atoms with Gasteiger partial charge in [-0.3, -0.25) is 4.90 Å². The fraction of sp³-hybridized carbons (Fsp3) is 0.818. The molecule has 1 nitrogen and oxygen atoms in total. The summed E-state index contributed by atoms with van der Waals surface area (Å²) in [5.74, 6) is 0. The molecule has 0 radical (unpaired) electrons. The van der Waals surface area contributed by atoms with Crippen molar-refractivity contribution < 1.29 is 4.39 Å². The van der Waals surface area contributed by atoms with Gasteiger partial charge in [0.2, 0.25) is 0 Å². The molecule has 0 aliphatic carbocycles. The summed E-state index contributed by atoms with van der Waals surface area (Å²) in [7, 11) is 0. The summed E-state index contributed by atoms with van der Waals surface area (Å²) in [5, 5.41) is 0. The fourth-order valence-electron chi connectivity index (χ4n) is 2.41. The molecule has 2 heterocycles. The molecular weight excluding hydrogens is 165 g/mol. The number of fused-ring (bicyclic) bond motifs is 1. The van der Waals surface area contributed by atoms with Gasteiger partial charge in [0.1, 0.15) is 0 Å². The minimum Gasteiger partial charge on any atom is -0.294 e. The van der Waals surface area contributed by atoms with Gasteiger partial charge in [0.15, 0.2) is 0 Å². The SMILES string of the molecule is CC.CC12CCCN1C/C(=C\F)C2. The zero-order valence-electron chi connectivity index (χ0n) is 8.94. The van der Waals surface area contributed by atoms with Gasteiger partial charge in [-0.25, -0.2) is 4.39 Å². The molecule has 0 aromatic rings. The van der Waals surface area contributed by atoms with Crippen molar-refractivity contribution in [2.75, 3.05) is 13.1 Å². The normalized spacial score (nSPS) is 35.8. The van der Waals surface area contributed by atoms with E-state index in [1.54, 1.807) is 0 Å². The molecular formula is C11H20FN. The monoisotopic (exact) mass is 185 g/mol. The van der Waals surface area contributed by atoms with Crippen LogP contribution in [0.5, 0.6) is 0 Å². The van der Waals surface area contributed by atoms with Crippen molar-refractivity contribution in [2.24, 2.45) is 0 Å². The van der Waals surface area contributed by atoms with Crippen molar-refractivity contribution >= 4 is 0 Å². The van der Waals surface area contributed by atoms with E-state index in [-0.39, 0.29) is 0 Å². The van der Waals surface area contributed by atoms with E-state index >= 15 is 0 Å². The predicted molar refractivity (Wildman–Crippen MR) is 54.4 cm³/mol. The van der Waals surface area contributed by atoms with Crippen LogP contribution in [0.4, 0.5) is 4.39 Å². The number of rotatable bonds is 0. The van der Waals surface area contributed by atoms with Crippen molar-refractivity contribution in [3.8, 4) is 0 Å². The van der Waals surface area contributed by atoms with Crippen LogP contribution in [-0.4, -0.2) is 23.5 Å². The van der Waals surface area contributed by atoms with Gasteiger partial charge < -0.3 is 0 Å². The number of halogens is 1. The van der Waals surface area contributed by atoms with Crippen LogP contribution in [0.3, 0.4) is 0 Å². The molecule has 76 valence electrons. The van der Waals surface area contributed by atoms with E-state index in [1.807, 2.05) is 13.8 Å². The van der Waals surface area contributed by atoms with E-state index in [4.69, 9.17) is 0 Å². The lowest BCUT2D eigenvalue weighted by Crippen LogP contribution is -2.34. The van der Waals surface area contributed by atoms with Gasteiger partial charge in [-0.05, 0) is 38.3 Å². The summed E-state index contributed by atoms with van der Waals surface area (Å²) >= 11 is 0. The molecule has 0 bridgehead atoms. The third-order valence-corrected chi connectivity index (χ3v) is 3.06. The van der Waals surface area contributed by atoms with E-state index in [9.17, 15) is 4.39 Å². The zero-order valence-corrected chi connectivity index (χ0v) is 8.94. The minimum atomic E-state index is 0.303. The van der Waals surface area contributed by atoms with Crippen molar-refractivity contribution in [3.05, 3.63) is 11.9 Å². The van der Waals surface area contributed by atoms with Gasteiger partial charge in [0, 0.05) is 12.1 Å². The highest BCUT2D eigenvalue weighted by Crippen LogP contribution is 2.40. The first-order chi connectivity index (χ1) is 6.24. The largest absolute Gasteiger partial charge is 0.294 e. The van der Waals surface area contributed by atoms with Crippen LogP contribution >= 0.6 is 0 Å². The Morgan fingerprint density at radius 2 is 2.15 bits per heavy atom. The quantitative estimate of drug-likeness (QED) is 0.560. The van der Waals surface area contributed by atoms with E-state index in [1.165, 1.54) is 12.8 Å². The second-order valence-electron chi connectivity index (χ2n) is 3.97. The number of hydrogen-bond acceptors (Lipinski definition) is 1. The van der Waals surface area contributed by atoms with Crippen molar-refractivity contribution in [1.82, 2.24) is 4.90 Å². The Bertz CT molecular complexity index is 200. The predicted octanol–water partition coefficient (Wildman–Crippen LogP) is 3.12. The highest BCUT2D eigenvalue weighted by atomic mass is 19.1. The smallest absolute Gasteiger partial charge is 0.0872 e. The second kappa shape index (κ2) is 4.23. The average Bonchev–Trinajstić information content (AvgIpc) is 2.62. The van der Waals surface area contributed by atoms with Crippen molar-refractivity contribution in [1.29, 1.82) is 0 Å². The van der Waals surface area contributed by atoms with Crippen molar-refractivity contribution in [3.63, 3.8) is 0 Å². The van der Waals surface area contributed by atoms with Gasteiger partial charge in [-0.1, -0.05) is 13.8 Å². The highest BCUT2D eigenvalue weighted by molar-refractivity contribution is 5.17. The third-order valence-electron chi connectivity index (χ3n) is 3.06. The van der Waals surface area contributed by atoms with E-state index in [0.717, 1.165) is 31.4 Å². The molecule has 0 aromatic carbocycles. The van der Waals surface area contributed by atoms with Gasteiger partial charge in [0.05, 0.1) is 6.33 Å². The second-order valence-corrected chi connectivity index (χ2v) is 3.97. The molecule has 2 aliphatic heterocycles. The molecule has 0 N–H and O–H groups in total. The molecule has 13 heavy (non-hydrogen) atoms. The van der Waals surface area contributed by atoms with Crippen LogP contribution < -0.4 is 0 Å². The first-order valence-electron chi connectivity index (χ1n) is 5.28. The van der Waals surface area contributed by atoms with Crippen LogP contribution in [0.1, 0.15) is 40.0 Å². The van der Waals surface area contributed by atoms with E-state index in [2.05, 4.69) is 11.8 Å². The molecule has 1 atom stereocenters. The third kappa shape index (κ3) is 1.93. The maximum absolute atomic E-state index is 12.2. The highest BCUT2D eigenvalue weighted by Gasteiger charge is 2.42. The van der Waals surface area contributed by atoms with E-state index in [0.29, 0.717) is 5.54 Å². The Labute approximate surface area is 80.6 Å². The summed E-state index contributed by atoms with van der Waals surface area (Å²) < 4.78 is 12.2. The van der Waals surface area contributed by atoms with E-state index < -0.39 is 0 Å². The van der Waals surface area contributed by atoms with Gasteiger partial charge >= 0.3 is 0 Å². The molecule has 2 rings (SSSR count). The Morgan fingerprint density at radius 3 is 2.69 bits per heavy atom. The molecule has 2 saturated heterocycles. The first kappa shape index (κ1) is 10.7. The fourth-order valence-corrected chi connectivity index (χ4v) is 2.41. The van der Waals surface area contributed by atoms with Crippen LogP contribution in [0.25, 0.3) is 0 Å². The maximum atomic E-state index is 12.2. The zero-order chi connectivity index (χ0) is 9.90. The number of hydrogen-bond donors (Lipinski definition) is 0. The van der Waals surface area contributed by atoms with Gasteiger partial charge in [-0.15, -0.1) is 0 Å². The summed E-state index contributed by atoms with van der Waals surface area (Å²) in [5.41, 5.74) is 1.28. The maximum Gasteiger partial charge on any atom is 0.0872 e. The molecule has 0 aromatic heterocycles. The Balaban J connectivity index is 0.000000396. The molecule has 2 aliphatic rings. The van der Waals surface area contributed by atoms with Gasteiger partial charge in [0.25, 0.3) is 0 Å². The lowest BCUT2D eigenvalue weighted by atomic mass is 9.96. The summed E-state index contributed by atoms with van der Waals surface area (Å²) in [6.07, 6.45) is 4.27. The Kier molecular flexibility index (Phi) is 3.48. The molecule has 2 heteroatoms. The van der Waals surface area contributed by atoms with Crippen LogP contribution in [-0.2, 0) is 0 Å². The van der Waals surface area contributed by atoms with Gasteiger partial charge in [-0.2, -0.15) is 0 Å². The Morgan fingerprint density at radius 1 is 1.46 bits per heavy atom. The van der Waals surface area contributed by atoms with Crippen molar-refractivity contribution in [2.45, 2.75) is 45.6 Å². The Hall–Kier alpha value is -0.370. The minimum absolute atomic E-state index is 0.303. The van der Waals surface area contributed by atoms with Crippen LogP contribution in [0, 0.1) is 0 Å². The standard InChI is InChI=1S/C9H14FN.C2H6/c1-9-3-2-4-11(9)7-8(5-9)6-10;1-2/h6H,2-5,7H2,1H3;1-2H3/b8-6-;. The first-order valence-corrected chi connectivity index (χ1v) is 5.28. The number of nitrogens with zero attached hydrogens (tertiary/aromatic N) is 1. The molecule has 0 saturated carbocycles. The topological polar surface area (TPSA) is 3.24 Å². The lowest BCUT2D eigenvalue weighted by molar-refractivity contribution is 0.218. The van der Waals surface area contributed by atoms with Crippen LogP contribution in [0.2, 0.25) is 0 Å². The molecule has 2 fully saturated rings. The van der Waals surface area contributed by atoms with Crippen LogP contribution in [0.15, 0.2) is 11.9 Å². The lowest BCUT2D eigenvalue weighted by Gasteiger charge is -2.25. The summed E-state index contributed by atoms with van der Waals surface area (Å²) in [6.45, 7) is 8.28. The molecule has 1 unspecified atom stereocenters. The summed E-state index contributed by atoms with van der Waals surface area (Å²) in [6, 6.07) is 0. The molecule has 0 spiro atoms.